The van der Waals surface area contributed by atoms with Crippen molar-refractivity contribution in [1.29, 1.82) is 0 Å². The molecule has 5 nitrogen and oxygen atoms in total. The number of hydrogen-bond donors (Lipinski definition) is 2. The summed E-state index contributed by atoms with van der Waals surface area (Å²) in [6.45, 7) is 5.92. The van der Waals surface area contributed by atoms with Crippen molar-refractivity contribution in [3.05, 3.63) is 10.4 Å². The fraction of sp³-hybridized carbons (Fsp3) is 0.643. The lowest BCUT2D eigenvalue weighted by atomic mass is 10.2. The van der Waals surface area contributed by atoms with Gasteiger partial charge < -0.3 is 20.3 Å². The van der Waals surface area contributed by atoms with Crippen molar-refractivity contribution < 1.29 is 9.53 Å². The second-order valence-electron chi connectivity index (χ2n) is 4.72. The van der Waals surface area contributed by atoms with Gasteiger partial charge >= 0.3 is 0 Å². The minimum absolute atomic E-state index is 0.0241. The highest BCUT2D eigenvalue weighted by Gasteiger charge is 2.30. The Kier molecular flexibility index (Phi) is 6.99. The number of ether oxygens (including phenoxy) is 1. The standard InChI is InChI=1S/C14H25N3O2S2/c1-8-11(19-6)12(21-14(8)20-7)13(18)17(9(2)15-4)10(3)16-5/h9-10,15-16H,1-7H3. The van der Waals surface area contributed by atoms with Crippen LogP contribution < -0.4 is 15.4 Å². The van der Waals surface area contributed by atoms with Crippen molar-refractivity contribution in [3.8, 4) is 5.75 Å². The van der Waals surface area contributed by atoms with E-state index in [0.717, 1.165) is 9.77 Å². The van der Waals surface area contributed by atoms with Gasteiger partial charge in [-0.15, -0.1) is 23.1 Å². The minimum Gasteiger partial charge on any atom is -0.495 e. The van der Waals surface area contributed by atoms with Crippen molar-refractivity contribution in [2.75, 3.05) is 27.5 Å². The number of thiophene rings is 1. The zero-order valence-corrected chi connectivity index (χ0v) is 15.4. The number of nitrogens with one attached hydrogen (secondary N) is 2. The van der Waals surface area contributed by atoms with Gasteiger partial charge in [-0.2, -0.15) is 0 Å². The van der Waals surface area contributed by atoms with Gasteiger partial charge in [0.25, 0.3) is 5.91 Å². The topological polar surface area (TPSA) is 53.6 Å². The van der Waals surface area contributed by atoms with Gasteiger partial charge in [0.05, 0.1) is 23.7 Å². The third-order valence-corrected chi connectivity index (χ3v) is 6.02. The predicted molar refractivity (Wildman–Crippen MR) is 90.6 cm³/mol. The lowest BCUT2D eigenvalue weighted by Crippen LogP contribution is -2.54. The van der Waals surface area contributed by atoms with Gasteiger partial charge in [-0.25, -0.2) is 0 Å². The van der Waals surface area contributed by atoms with Crippen LogP contribution in [0.25, 0.3) is 0 Å². The number of carbonyl (C=O) groups excluding carboxylic acids is 1. The zero-order chi connectivity index (χ0) is 16.2. The maximum absolute atomic E-state index is 13.0. The highest BCUT2D eigenvalue weighted by Crippen LogP contribution is 2.40. The van der Waals surface area contributed by atoms with Gasteiger partial charge in [0.15, 0.2) is 0 Å². The monoisotopic (exact) mass is 331 g/mol. The molecule has 2 atom stereocenters. The van der Waals surface area contributed by atoms with Crippen molar-refractivity contribution in [1.82, 2.24) is 15.5 Å². The molecule has 120 valence electrons. The molecule has 0 aromatic carbocycles. The molecule has 1 aromatic heterocycles. The van der Waals surface area contributed by atoms with Gasteiger partial charge in [-0.05, 0) is 41.1 Å². The summed E-state index contributed by atoms with van der Waals surface area (Å²) in [4.78, 5) is 15.4. The van der Waals surface area contributed by atoms with Crippen LogP contribution in [-0.2, 0) is 0 Å². The summed E-state index contributed by atoms with van der Waals surface area (Å²) in [6, 6.07) is 0. The molecule has 1 aromatic rings. The van der Waals surface area contributed by atoms with Gasteiger partial charge in [-0.3, -0.25) is 4.79 Å². The van der Waals surface area contributed by atoms with Crippen molar-refractivity contribution in [2.24, 2.45) is 0 Å². The molecule has 0 spiro atoms. The van der Waals surface area contributed by atoms with Gasteiger partial charge in [-0.1, -0.05) is 0 Å². The molecule has 1 rings (SSSR count). The molecule has 2 N–H and O–H groups in total. The predicted octanol–water partition coefficient (Wildman–Crippen LogP) is 2.36. The zero-order valence-electron chi connectivity index (χ0n) is 13.7. The number of thioether (sulfide) groups is 1. The molecule has 0 saturated heterocycles. The molecule has 0 aliphatic rings. The molecule has 2 unspecified atom stereocenters. The summed E-state index contributed by atoms with van der Waals surface area (Å²) in [5.41, 5.74) is 1.03. The Bertz CT molecular complexity index is 481. The van der Waals surface area contributed by atoms with E-state index in [0.29, 0.717) is 10.6 Å². The third kappa shape index (κ3) is 3.71. The van der Waals surface area contributed by atoms with Crippen LogP contribution in [0.4, 0.5) is 0 Å². The Hall–Kier alpha value is -0.760. The van der Waals surface area contributed by atoms with E-state index in [1.807, 2.05) is 41.1 Å². The van der Waals surface area contributed by atoms with E-state index in [2.05, 4.69) is 10.6 Å². The fourth-order valence-corrected chi connectivity index (χ4v) is 4.08. The summed E-state index contributed by atoms with van der Waals surface area (Å²) in [5.74, 6) is 0.662. The summed E-state index contributed by atoms with van der Waals surface area (Å²) < 4.78 is 6.58. The average molecular weight is 332 g/mol. The highest BCUT2D eigenvalue weighted by atomic mass is 32.2. The van der Waals surface area contributed by atoms with Crippen LogP contribution in [0.3, 0.4) is 0 Å². The molecular weight excluding hydrogens is 306 g/mol. The normalized spacial score (nSPS) is 13.9. The molecule has 0 radical (unpaired) electrons. The molecule has 0 fully saturated rings. The first kappa shape index (κ1) is 18.3. The van der Waals surface area contributed by atoms with Gasteiger partial charge in [0.2, 0.25) is 0 Å². The minimum atomic E-state index is -0.0789. The molecular formula is C14H25N3O2S2. The number of hydrogen-bond acceptors (Lipinski definition) is 6. The van der Waals surface area contributed by atoms with Gasteiger partial charge in [0, 0.05) is 5.56 Å². The van der Waals surface area contributed by atoms with Crippen LogP contribution in [0.2, 0.25) is 0 Å². The lowest BCUT2D eigenvalue weighted by Gasteiger charge is -2.34. The summed E-state index contributed by atoms with van der Waals surface area (Å²) >= 11 is 3.13. The Morgan fingerprint density at radius 3 is 2.19 bits per heavy atom. The highest BCUT2D eigenvalue weighted by molar-refractivity contribution is 8.00. The SMILES string of the molecule is CNC(C)N(C(=O)c1sc(SC)c(C)c1OC)C(C)NC. The first-order valence-electron chi connectivity index (χ1n) is 6.81. The Morgan fingerprint density at radius 2 is 1.81 bits per heavy atom. The Balaban J connectivity index is 3.26. The van der Waals surface area contributed by atoms with E-state index in [9.17, 15) is 4.79 Å². The largest absolute Gasteiger partial charge is 0.495 e. The molecule has 21 heavy (non-hydrogen) atoms. The van der Waals surface area contributed by atoms with E-state index >= 15 is 0 Å². The second-order valence-corrected chi connectivity index (χ2v) is 6.82. The molecule has 0 saturated carbocycles. The first-order valence-corrected chi connectivity index (χ1v) is 8.85. The van der Waals surface area contributed by atoms with Crippen LogP contribution in [0.5, 0.6) is 5.75 Å². The molecule has 1 heterocycles. The summed E-state index contributed by atoms with van der Waals surface area (Å²) in [5, 5.41) is 6.25. The first-order chi connectivity index (χ1) is 9.92. The number of methoxy groups -OCH3 is 1. The average Bonchev–Trinajstić information content (AvgIpc) is 2.82. The summed E-state index contributed by atoms with van der Waals surface area (Å²) in [6.07, 6.45) is 1.85. The van der Waals surface area contributed by atoms with E-state index in [1.54, 1.807) is 23.8 Å². The van der Waals surface area contributed by atoms with Crippen LogP contribution in [0.15, 0.2) is 4.21 Å². The maximum atomic E-state index is 13.0. The maximum Gasteiger partial charge on any atom is 0.270 e. The number of amides is 1. The number of carbonyl (C=O) groups is 1. The molecule has 7 heteroatoms. The second kappa shape index (κ2) is 8.03. The van der Waals surface area contributed by atoms with Crippen LogP contribution >= 0.6 is 23.1 Å². The van der Waals surface area contributed by atoms with E-state index < -0.39 is 0 Å². The van der Waals surface area contributed by atoms with Gasteiger partial charge in [0.1, 0.15) is 10.6 Å². The Morgan fingerprint density at radius 1 is 1.29 bits per heavy atom. The van der Waals surface area contributed by atoms with Crippen LogP contribution in [0.1, 0.15) is 29.1 Å². The van der Waals surface area contributed by atoms with E-state index in [-0.39, 0.29) is 18.2 Å². The number of nitrogens with zero attached hydrogens (tertiary/aromatic N) is 1. The van der Waals surface area contributed by atoms with Crippen LogP contribution in [0, 0.1) is 6.92 Å². The third-order valence-electron chi connectivity index (χ3n) is 3.54. The Labute approximate surface area is 135 Å². The van der Waals surface area contributed by atoms with Crippen molar-refractivity contribution >= 4 is 29.0 Å². The molecule has 1 amide bonds. The number of rotatable bonds is 7. The molecule has 0 aliphatic carbocycles. The van der Waals surface area contributed by atoms with E-state index in [1.165, 1.54) is 11.3 Å². The fourth-order valence-electron chi connectivity index (χ4n) is 2.14. The molecule has 0 bridgehead atoms. The van der Waals surface area contributed by atoms with E-state index in [4.69, 9.17) is 4.74 Å². The lowest BCUT2D eigenvalue weighted by molar-refractivity contribution is 0.0545. The quantitative estimate of drug-likeness (QED) is 0.593. The van der Waals surface area contributed by atoms with Crippen LogP contribution in [-0.4, -0.2) is 50.6 Å². The summed E-state index contributed by atoms with van der Waals surface area (Å²) in [7, 11) is 5.30. The smallest absolute Gasteiger partial charge is 0.270 e. The molecule has 0 aliphatic heterocycles. The van der Waals surface area contributed by atoms with Crippen molar-refractivity contribution in [2.45, 2.75) is 37.3 Å². The van der Waals surface area contributed by atoms with Crippen molar-refractivity contribution in [3.63, 3.8) is 0 Å².